The van der Waals surface area contributed by atoms with E-state index in [4.69, 9.17) is 5.26 Å². The topological polar surface area (TPSA) is 23.8 Å². The van der Waals surface area contributed by atoms with Crippen molar-refractivity contribution in [1.82, 2.24) is 0 Å². The van der Waals surface area contributed by atoms with Crippen molar-refractivity contribution in [3.05, 3.63) is 28.0 Å². The summed E-state index contributed by atoms with van der Waals surface area (Å²) in [5.74, 6) is -0.360. The quantitative estimate of drug-likeness (QED) is 0.710. The molecule has 1 rings (SSSR count). The van der Waals surface area contributed by atoms with Crippen LogP contribution in [0.1, 0.15) is 5.56 Å². The van der Waals surface area contributed by atoms with Gasteiger partial charge in [-0.25, -0.2) is 4.39 Å². The molecule has 0 saturated carbocycles. The van der Waals surface area contributed by atoms with Crippen molar-refractivity contribution in [2.75, 3.05) is 6.26 Å². The minimum Gasteiger partial charge on any atom is -0.204 e. The molecule has 0 atom stereocenters. The number of thioether (sulfide) groups is 1. The molecule has 0 bridgehead atoms. The number of hydrogen-bond acceptors (Lipinski definition) is 2. The molecule has 4 heteroatoms. The SMILES string of the molecule is CSc1c(C#N)ccc(Br)c1F. The molecule has 0 radical (unpaired) electrons. The van der Waals surface area contributed by atoms with Crippen LogP contribution in [0.5, 0.6) is 0 Å². The Morgan fingerprint density at radius 2 is 2.25 bits per heavy atom. The van der Waals surface area contributed by atoms with E-state index in [-0.39, 0.29) is 5.82 Å². The van der Waals surface area contributed by atoms with Crippen molar-refractivity contribution < 1.29 is 4.39 Å². The standard InChI is InChI=1S/C8H5BrFNS/c1-12-8-5(4-11)2-3-6(9)7(8)10/h2-3H,1H3. The van der Waals surface area contributed by atoms with Gasteiger partial charge in [0.05, 0.1) is 14.9 Å². The molecule has 0 aromatic heterocycles. The lowest BCUT2D eigenvalue weighted by atomic mass is 10.2. The summed E-state index contributed by atoms with van der Waals surface area (Å²) in [5, 5.41) is 8.62. The van der Waals surface area contributed by atoms with Crippen LogP contribution in [0, 0.1) is 17.1 Å². The summed E-state index contributed by atoms with van der Waals surface area (Å²) in [7, 11) is 0. The molecule has 0 aliphatic rings. The van der Waals surface area contributed by atoms with E-state index in [0.29, 0.717) is 14.9 Å². The molecule has 0 aliphatic heterocycles. The highest BCUT2D eigenvalue weighted by Crippen LogP contribution is 2.28. The molecule has 1 nitrogen and oxygen atoms in total. The van der Waals surface area contributed by atoms with Crippen molar-refractivity contribution in [2.45, 2.75) is 4.90 Å². The Kier molecular flexibility index (Phi) is 3.12. The van der Waals surface area contributed by atoms with Crippen LogP contribution in [-0.2, 0) is 0 Å². The molecular formula is C8H5BrFNS. The van der Waals surface area contributed by atoms with Crippen molar-refractivity contribution >= 4 is 27.7 Å². The fraction of sp³-hybridized carbons (Fsp3) is 0.125. The molecule has 12 heavy (non-hydrogen) atoms. The van der Waals surface area contributed by atoms with Gasteiger partial charge in [0, 0.05) is 0 Å². The Morgan fingerprint density at radius 3 is 2.75 bits per heavy atom. The van der Waals surface area contributed by atoms with Gasteiger partial charge in [-0.2, -0.15) is 5.26 Å². The zero-order valence-corrected chi connectivity index (χ0v) is 8.67. The van der Waals surface area contributed by atoms with Gasteiger partial charge in [-0.15, -0.1) is 11.8 Å². The average molecular weight is 246 g/mol. The van der Waals surface area contributed by atoms with Crippen molar-refractivity contribution in [3.63, 3.8) is 0 Å². The van der Waals surface area contributed by atoms with Gasteiger partial charge in [0.25, 0.3) is 0 Å². The second-order valence-electron chi connectivity index (χ2n) is 2.05. The highest BCUT2D eigenvalue weighted by molar-refractivity contribution is 9.10. The van der Waals surface area contributed by atoms with Gasteiger partial charge in [0.2, 0.25) is 0 Å². The lowest BCUT2D eigenvalue weighted by molar-refractivity contribution is 0.594. The lowest BCUT2D eigenvalue weighted by Gasteiger charge is -2.02. The number of benzene rings is 1. The third-order valence-electron chi connectivity index (χ3n) is 1.37. The predicted molar refractivity (Wildman–Crippen MR) is 50.6 cm³/mol. The van der Waals surface area contributed by atoms with E-state index in [9.17, 15) is 4.39 Å². The van der Waals surface area contributed by atoms with Gasteiger partial charge in [0.15, 0.2) is 5.82 Å². The number of hydrogen-bond donors (Lipinski definition) is 0. The summed E-state index contributed by atoms with van der Waals surface area (Å²) in [4.78, 5) is 0.395. The number of nitrogens with zero attached hydrogens (tertiary/aromatic N) is 1. The number of rotatable bonds is 1. The van der Waals surface area contributed by atoms with E-state index in [2.05, 4.69) is 15.9 Å². The van der Waals surface area contributed by atoms with Gasteiger partial charge in [-0.05, 0) is 34.3 Å². The van der Waals surface area contributed by atoms with Crippen LogP contribution in [0.25, 0.3) is 0 Å². The Bertz CT molecular complexity index is 346. The van der Waals surface area contributed by atoms with E-state index < -0.39 is 0 Å². The van der Waals surface area contributed by atoms with Gasteiger partial charge >= 0.3 is 0 Å². The summed E-state index contributed by atoms with van der Waals surface area (Å²) in [6, 6.07) is 5.06. The fourth-order valence-electron chi connectivity index (χ4n) is 0.820. The van der Waals surface area contributed by atoms with Crippen LogP contribution in [0.4, 0.5) is 4.39 Å². The first-order valence-corrected chi connectivity index (χ1v) is 5.14. The largest absolute Gasteiger partial charge is 0.204 e. The van der Waals surface area contributed by atoms with E-state index in [0.717, 1.165) is 0 Å². The first-order chi connectivity index (χ1) is 5.70. The third kappa shape index (κ3) is 1.62. The molecule has 1 aromatic carbocycles. The maximum absolute atomic E-state index is 13.2. The second kappa shape index (κ2) is 3.92. The Balaban J connectivity index is 3.38. The second-order valence-corrected chi connectivity index (χ2v) is 3.72. The molecule has 0 fully saturated rings. The number of nitriles is 1. The van der Waals surface area contributed by atoms with E-state index in [1.165, 1.54) is 17.8 Å². The van der Waals surface area contributed by atoms with Gasteiger partial charge in [0.1, 0.15) is 6.07 Å². The molecule has 0 unspecified atom stereocenters. The van der Waals surface area contributed by atoms with Crippen molar-refractivity contribution in [1.29, 1.82) is 5.26 Å². The average Bonchev–Trinajstić information content (AvgIpc) is 2.09. The Morgan fingerprint density at radius 1 is 1.58 bits per heavy atom. The Labute approximate surface area is 82.7 Å². The summed E-state index contributed by atoms with van der Waals surface area (Å²) in [6.07, 6.45) is 1.74. The minimum absolute atomic E-state index is 0.360. The number of halogens is 2. The van der Waals surface area contributed by atoms with E-state index in [1.54, 1.807) is 12.3 Å². The maximum Gasteiger partial charge on any atom is 0.152 e. The van der Waals surface area contributed by atoms with Crippen LogP contribution < -0.4 is 0 Å². The molecule has 0 amide bonds. The molecule has 1 aromatic rings. The molecule has 62 valence electrons. The van der Waals surface area contributed by atoms with Crippen LogP contribution in [0.15, 0.2) is 21.5 Å². The molecule has 0 spiro atoms. The normalized spacial score (nSPS) is 9.50. The van der Waals surface area contributed by atoms with Crippen LogP contribution >= 0.6 is 27.7 Å². The first-order valence-electron chi connectivity index (χ1n) is 3.12. The van der Waals surface area contributed by atoms with Crippen molar-refractivity contribution in [2.24, 2.45) is 0 Å². The molecule has 0 heterocycles. The molecular weight excluding hydrogens is 241 g/mol. The summed E-state index contributed by atoms with van der Waals surface area (Å²) < 4.78 is 13.6. The maximum atomic E-state index is 13.2. The summed E-state index contributed by atoms with van der Waals surface area (Å²) in [5.41, 5.74) is 0.378. The van der Waals surface area contributed by atoms with Gasteiger partial charge in [-0.3, -0.25) is 0 Å². The van der Waals surface area contributed by atoms with Crippen LogP contribution in [0.3, 0.4) is 0 Å². The highest BCUT2D eigenvalue weighted by Gasteiger charge is 2.09. The van der Waals surface area contributed by atoms with Crippen LogP contribution in [0.2, 0.25) is 0 Å². The lowest BCUT2D eigenvalue weighted by Crippen LogP contribution is -1.87. The highest BCUT2D eigenvalue weighted by atomic mass is 79.9. The fourth-order valence-corrected chi connectivity index (χ4v) is 1.90. The molecule has 0 aliphatic carbocycles. The van der Waals surface area contributed by atoms with Gasteiger partial charge in [-0.1, -0.05) is 0 Å². The summed E-state index contributed by atoms with van der Waals surface area (Å²) >= 11 is 4.29. The van der Waals surface area contributed by atoms with Crippen molar-refractivity contribution in [3.8, 4) is 6.07 Å². The first kappa shape index (κ1) is 9.56. The molecule has 0 N–H and O–H groups in total. The zero-order valence-electron chi connectivity index (χ0n) is 6.27. The van der Waals surface area contributed by atoms with E-state index in [1.807, 2.05) is 6.07 Å². The smallest absolute Gasteiger partial charge is 0.152 e. The third-order valence-corrected chi connectivity index (χ3v) is 2.79. The van der Waals surface area contributed by atoms with E-state index >= 15 is 0 Å². The minimum atomic E-state index is -0.360. The molecule has 0 saturated heterocycles. The van der Waals surface area contributed by atoms with Crippen LogP contribution in [-0.4, -0.2) is 6.26 Å². The monoisotopic (exact) mass is 245 g/mol. The van der Waals surface area contributed by atoms with Gasteiger partial charge < -0.3 is 0 Å². The zero-order chi connectivity index (χ0) is 9.14. The Hall–Kier alpha value is -0.530. The predicted octanol–water partition coefficient (Wildman–Crippen LogP) is 3.18. The summed E-state index contributed by atoms with van der Waals surface area (Å²) in [6.45, 7) is 0.